The lowest BCUT2D eigenvalue weighted by Crippen LogP contribution is -2.31. The minimum Gasteiger partial charge on any atom is -0.467 e. The SMILES string of the molecule is COC1CCN(Cc2occc2C(=O)NN)C1. The number of hydrazine groups is 1. The van der Waals surface area contributed by atoms with Crippen molar-refractivity contribution in [1.29, 1.82) is 0 Å². The highest BCUT2D eigenvalue weighted by molar-refractivity contribution is 5.94. The molecule has 0 aliphatic carbocycles. The summed E-state index contributed by atoms with van der Waals surface area (Å²) < 4.78 is 10.6. The minimum absolute atomic E-state index is 0.275. The van der Waals surface area contributed by atoms with E-state index in [4.69, 9.17) is 15.0 Å². The molecule has 0 radical (unpaired) electrons. The smallest absolute Gasteiger partial charge is 0.268 e. The monoisotopic (exact) mass is 239 g/mol. The van der Waals surface area contributed by atoms with E-state index in [0.29, 0.717) is 17.9 Å². The molecule has 2 rings (SSSR count). The Morgan fingerprint density at radius 1 is 1.76 bits per heavy atom. The van der Waals surface area contributed by atoms with Crippen LogP contribution in [0.25, 0.3) is 0 Å². The molecule has 1 saturated heterocycles. The van der Waals surface area contributed by atoms with Crippen LogP contribution in [0.2, 0.25) is 0 Å². The first-order valence-corrected chi connectivity index (χ1v) is 5.57. The molecular weight excluding hydrogens is 222 g/mol. The third kappa shape index (κ3) is 2.66. The second-order valence-electron chi connectivity index (χ2n) is 4.11. The first-order valence-electron chi connectivity index (χ1n) is 5.57. The molecule has 1 aliphatic heterocycles. The van der Waals surface area contributed by atoms with Gasteiger partial charge in [-0.1, -0.05) is 0 Å². The quantitative estimate of drug-likeness (QED) is 0.442. The van der Waals surface area contributed by atoms with E-state index in [1.54, 1.807) is 13.2 Å². The molecule has 1 fully saturated rings. The summed E-state index contributed by atoms with van der Waals surface area (Å²) in [5.74, 6) is 5.43. The molecule has 3 N–H and O–H groups in total. The van der Waals surface area contributed by atoms with Crippen LogP contribution in [0.1, 0.15) is 22.5 Å². The number of ether oxygens (including phenoxy) is 1. The maximum absolute atomic E-state index is 11.5. The zero-order valence-corrected chi connectivity index (χ0v) is 9.81. The zero-order valence-electron chi connectivity index (χ0n) is 9.81. The third-order valence-corrected chi connectivity index (χ3v) is 3.05. The summed E-state index contributed by atoms with van der Waals surface area (Å²) in [6.07, 6.45) is 2.79. The number of likely N-dealkylation sites (tertiary alicyclic amines) is 1. The van der Waals surface area contributed by atoms with Crippen molar-refractivity contribution in [3.63, 3.8) is 0 Å². The van der Waals surface area contributed by atoms with E-state index < -0.39 is 0 Å². The number of nitrogens with zero attached hydrogens (tertiary/aromatic N) is 1. The van der Waals surface area contributed by atoms with Gasteiger partial charge in [0.25, 0.3) is 5.91 Å². The molecule has 6 nitrogen and oxygen atoms in total. The van der Waals surface area contributed by atoms with Crippen LogP contribution in [0.5, 0.6) is 0 Å². The Bertz CT molecular complexity index is 391. The van der Waals surface area contributed by atoms with Crippen LogP contribution in [0, 0.1) is 0 Å². The van der Waals surface area contributed by atoms with E-state index >= 15 is 0 Å². The first kappa shape index (κ1) is 12.1. The number of hydrogen-bond acceptors (Lipinski definition) is 5. The molecular formula is C11H17N3O3. The standard InChI is InChI=1S/C11H17N3O3/c1-16-8-2-4-14(6-8)7-10-9(3-5-17-10)11(15)13-12/h3,5,8H,2,4,6-7,12H2,1H3,(H,13,15). The Balaban J connectivity index is 2.00. The van der Waals surface area contributed by atoms with Gasteiger partial charge in [0.1, 0.15) is 5.76 Å². The number of amides is 1. The van der Waals surface area contributed by atoms with Gasteiger partial charge in [0.15, 0.2) is 0 Å². The predicted octanol–water partition coefficient (Wildman–Crippen LogP) is 0.104. The van der Waals surface area contributed by atoms with Gasteiger partial charge in [-0.05, 0) is 12.5 Å². The first-order chi connectivity index (χ1) is 8.24. The summed E-state index contributed by atoms with van der Waals surface area (Å²) in [6.45, 7) is 2.42. The van der Waals surface area contributed by atoms with E-state index in [0.717, 1.165) is 19.5 Å². The number of rotatable bonds is 4. The number of carbonyl (C=O) groups excluding carboxylic acids is 1. The Kier molecular flexibility index (Phi) is 3.78. The highest BCUT2D eigenvalue weighted by atomic mass is 16.5. The van der Waals surface area contributed by atoms with E-state index in [1.807, 2.05) is 0 Å². The van der Waals surface area contributed by atoms with Crippen LogP contribution in [-0.2, 0) is 11.3 Å². The Morgan fingerprint density at radius 3 is 3.24 bits per heavy atom. The van der Waals surface area contributed by atoms with Gasteiger partial charge < -0.3 is 9.15 Å². The molecule has 0 aromatic carbocycles. The molecule has 1 aliphatic rings. The normalized spacial score (nSPS) is 20.7. The highest BCUT2D eigenvalue weighted by Gasteiger charge is 2.24. The third-order valence-electron chi connectivity index (χ3n) is 3.05. The molecule has 1 aromatic heterocycles. The topological polar surface area (TPSA) is 80.7 Å². The van der Waals surface area contributed by atoms with E-state index in [-0.39, 0.29) is 12.0 Å². The fraction of sp³-hybridized carbons (Fsp3) is 0.545. The molecule has 17 heavy (non-hydrogen) atoms. The van der Waals surface area contributed by atoms with E-state index in [9.17, 15) is 4.79 Å². The van der Waals surface area contributed by atoms with E-state index in [2.05, 4.69) is 10.3 Å². The maximum atomic E-state index is 11.5. The molecule has 2 heterocycles. The minimum atomic E-state index is -0.323. The summed E-state index contributed by atoms with van der Waals surface area (Å²) >= 11 is 0. The number of carbonyl (C=O) groups is 1. The van der Waals surface area contributed by atoms with Crippen LogP contribution in [0.4, 0.5) is 0 Å². The number of nitrogen functional groups attached to an aromatic ring is 1. The lowest BCUT2D eigenvalue weighted by molar-refractivity contribution is 0.0948. The summed E-state index contributed by atoms with van der Waals surface area (Å²) in [5.41, 5.74) is 2.60. The molecule has 1 atom stereocenters. The number of nitrogens with two attached hydrogens (primary N) is 1. The van der Waals surface area contributed by atoms with Crippen LogP contribution >= 0.6 is 0 Å². The average molecular weight is 239 g/mol. The number of furan rings is 1. The second-order valence-corrected chi connectivity index (χ2v) is 4.11. The van der Waals surface area contributed by atoms with Crippen LogP contribution in [-0.4, -0.2) is 37.1 Å². The number of nitrogens with one attached hydrogen (secondary N) is 1. The molecule has 94 valence electrons. The summed E-state index contributed by atoms with van der Waals surface area (Å²) in [5, 5.41) is 0. The van der Waals surface area contributed by atoms with Crippen molar-refractivity contribution in [3.8, 4) is 0 Å². The van der Waals surface area contributed by atoms with E-state index in [1.165, 1.54) is 6.26 Å². The van der Waals surface area contributed by atoms with Crippen molar-refractivity contribution in [1.82, 2.24) is 10.3 Å². The zero-order chi connectivity index (χ0) is 12.3. The number of hydrogen-bond donors (Lipinski definition) is 2. The largest absolute Gasteiger partial charge is 0.467 e. The lowest BCUT2D eigenvalue weighted by atomic mass is 10.2. The van der Waals surface area contributed by atoms with Crippen LogP contribution < -0.4 is 11.3 Å². The van der Waals surface area contributed by atoms with Crippen LogP contribution in [0.15, 0.2) is 16.7 Å². The second kappa shape index (κ2) is 5.31. The molecule has 1 aromatic rings. The highest BCUT2D eigenvalue weighted by Crippen LogP contribution is 2.18. The summed E-state index contributed by atoms with van der Waals surface area (Å²) in [6, 6.07) is 1.63. The van der Waals surface area contributed by atoms with Crippen molar-refractivity contribution < 1.29 is 13.9 Å². The predicted molar refractivity (Wildman–Crippen MR) is 61.1 cm³/mol. The van der Waals surface area contributed by atoms with Gasteiger partial charge in [-0.25, -0.2) is 5.84 Å². The Morgan fingerprint density at radius 2 is 2.59 bits per heavy atom. The molecule has 1 unspecified atom stereocenters. The van der Waals surface area contributed by atoms with Crippen molar-refractivity contribution >= 4 is 5.91 Å². The molecule has 6 heteroatoms. The Labute approximate surface area is 99.7 Å². The van der Waals surface area contributed by atoms with Crippen molar-refractivity contribution in [3.05, 3.63) is 23.7 Å². The van der Waals surface area contributed by atoms with Crippen molar-refractivity contribution in [2.75, 3.05) is 20.2 Å². The lowest BCUT2D eigenvalue weighted by Gasteiger charge is -2.14. The van der Waals surface area contributed by atoms with Crippen LogP contribution in [0.3, 0.4) is 0 Å². The molecule has 0 bridgehead atoms. The number of methoxy groups -OCH3 is 1. The van der Waals surface area contributed by atoms with Gasteiger partial charge in [0.05, 0.1) is 24.5 Å². The van der Waals surface area contributed by atoms with Gasteiger partial charge in [-0.15, -0.1) is 0 Å². The molecule has 0 spiro atoms. The molecule has 1 amide bonds. The summed E-state index contributed by atoms with van der Waals surface area (Å²) in [7, 11) is 1.72. The summed E-state index contributed by atoms with van der Waals surface area (Å²) in [4.78, 5) is 13.6. The van der Waals surface area contributed by atoms with Crippen molar-refractivity contribution in [2.45, 2.75) is 19.1 Å². The maximum Gasteiger partial charge on any atom is 0.268 e. The van der Waals surface area contributed by atoms with Gasteiger partial charge in [0, 0.05) is 20.2 Å². The van der Waals surface area contributed by atoms with Gasteiger partial charge in [-0.3, -0.25) is 15.1 Å². The fourth-order valence-electron chi connectivity index (χ4n) is 2.08. The average Bonchev–Trinajstić information content (AvgIpc) is 2.97. The Hall–Kier alpha value is -1.37. The molecule has 0 saturated carbocycles. The van der Waals surface area contributed by atoms with Gasteiger partial charge in [-0.2, -0.15) is 0 Å². The van der Waals surface area contributed by atoms with Gasteiger partial charge >= 0.3 is 0 Å². The fourth-order valence-corrected chi connectivity index (χ4v) is 2.08. The van der Waals surface area contributed by atoms with Crippen molar-refractivity contribution in [2.24, 2.45) is 5.84 Å². The van der Waals surface area contributed by atoms with Gasteiger partial charge in [0.2, 0.25) is 0 Å².